The molecule has 3 nitrogen and oxygen atoms in total. The Hall–Kier alpha value is -1.22. The summed E-state index contributed by atoms with van der Waals surface area (Å²) in [6.45, 7) is 2.88. The third kappa shape index (κ3) is 5.03. The highest BCUT2D eigenvalue weighted by Gasteiger charge is 2.00. The van der Waals surface area contributed by atoms with Gasteiger partial charge in [0.15, 0.2) is 0 Å². The molecule has 0 heterocycles. The summed E-state index contributed by atoms with van der Waals surface area (Å²) in [5.41, 5.74) is 2.26. The predicted octanol–water partition coefficient (Wildman–Crippen LogP) is 2.85. The van der Waals surface area contributed by atoms with Gasteiger partial charge >= 0.3 is 6.09 Å². The van der Waals surface area contributed by atoms with Gasteiger partial charge in [0, 0.05) is 12.4 Å². The molecular weight excluding hydrogens is 226 g/mol. The van der Waals surface area contributed by atoms with E-state index in [1.54, 1.807) is 0 Å². The quantitative estimate of drug-likeness (QED) is 0.636. The van der Waals surface area contributed by atoms with Crippen molar-refractivity contribution in [2.45, 2.75) is 19.9 Å². The number of ether oxygens (including phenoxy) is 1. The average molecular weight is 242 g/mol. The molecule has 0 aliphatic carbocycles. The van der Waals surface area contributed by atoms with E-state index < -0.39 is 6.09 Å². The maximum absolute atomic E-state index is 11.2. The predicted molar refractivity (Wildman–Crippen MR) is 64.7 cm³/mol. The topological polar surface area (TPSA) is 38.3 Å². The fourth-order valence-electron chi connectivity index (χ4n) is 1.15. The lowest BCUT2D eigenvalue weighted by Gasteiger charge is -2.06. The second-order valence-corrected chi connectivity index (χ2v) is 3.90. The fourth-order valence-corrected chi connectivity index (χ4v) is 1.26. The number of aryl methyl sites for hydroxylation is 1. The average Bonchev–Trinajstić information content (AvgIpc) is 2.29. The lowest BCUT2D eigenvalue weighted by atomic mass is 10.1. The third-order valence-electron chi connectivity index (χ3n) is 2.07. The van der Waals surface area contributed by atoms with Crippen LogP contribution in [0, 0.1) is 6.92 Å². The van der Waals surface area contributed by atoms with Crippen molar-refractivity contribution in [1.29, 1.82) is 0 Å². The standard InChI is InChI=1S/C12H16ClNO2/c1-10-3-5-11(6-4-10)9-14-12(15)16-8-2-7-13/h3-6H,2,7-9H2,1H3,(H,14,15). The van der Waals surface area contributed by atoms with Crippen LogP contribution in [0.2, 0.25) is 0 Å². The van der Waals surface area contributed by atoms with Gasteiger partial charge in [-0.05, 0) is 18.9 Å². The maximum Gasteiger partial charge on any atom is 0.407 e. The van der Waals surface area contributed by atoms with Crippen molar-refractivity contribution in [2.24, 2.45) is 0 Å². The molecule has 0 radical (unpaired) electrons. The van der Waals surface area contributed by atoms with E-state index in [4.69, 9.17) is 16.3 Å². The Bertz CT molecular complexity index is 324. The molecule has 1 aromatic rings. The molecule has 1 aromatic carbocycles. The first kappa shape index (κ1) is 12.8. The van der Waals surface area contributed by atoms with Gasteiger partial charge in [0.05, 0.1) is 6.61 Å². The van der Waals surface area contributed by atoms with Gasteiger partial charge in [0.25, 0.3) is 0 Å². The van der Waals surface area contributed by atoms with Crippen molar-refractivity contribution in [2.75, 3.05) is 12.5 Å². The molecule has 0 saturated carbocycles. The van der Waals surface area contributed by atoms with E-state index in [9.17, 15) is 4.79 Å². The number of hydrogen-bond acceptors (Lipinski definition) is 2. The number of hydrogen-bond donors (Lipinski definition) is 1. The second-order valence-electron chi connectivity index (χ2n) is 3.52. The Kier molecular flexibility index (Phi) is 5.72. The van der Waals surface area contributed by atoms with Crippen LogP contribution in [0.5, 0.6) is 0 Å². The fraction of sp³-hybridized carbons (Fsp3) is 0.417. The van der Waals surface area contributed by atoms with Crippen molar-refractivity contribution >= 4 is 17.7 Å². The third-order valence-corrected chi connectivity index (χ3v) is 2.34. The zero-order chi connectivity index (χ0) is 11.8. The van der Waals surface area contributed by atoms with Crippen LogP contribution in [-0.4, -0.2) is 18.6 Å². The highest BCUT2D eigenvalue weighted by molar-refractivity contribution is 6.17. The SMILES string of the molecule is Cc1ccc(CNC(=O)OCCCCl)cc1. The molecule has 4 heteroatoms. The van der Waals surface area contributed by atoms with Gasteiger partial charge in [-0.1, -0.05) is 29.8 Å². The van der Waals surface area contributed by atoms with Crippen molar-refractivity contribution in [3.63, 3.8) is 0 Å². The van der Waals surface area contributed by atoms with Crippen LogP contribution in [0.4, 0.5) is 4.79 Å². The molecule has 0 aliphatic rings. The zero-order valence-electron chi connectivity index (χ0n) is 9.33. The van der Waals surface area contributed by atoms with Gasteiger partial charge in [-0.2, -0.15) is 0 Å². The summed E-state index contributed by atoms with van der Waals surface area (Å²) in [5, 5.41) is 2.67. The molecule has 0 saturated heterocycles. The minimum absolute atomic E-state index is 0.364. The lowest BCUT2D eigenvalue weighted by Crippen LogP contribution is -2.24. The molecule has 1 amide bonds. The first-order valence-corrected chi connectivity index (χ1v) is 5.78. The summed E-state index contributed by atoms with van der Waals surface area (Å²) in [7, 11) is 0. The highest BCUT2D eigenvalue weighted by Crippen LogP contribution is 2.02. The normalized spacial score (nSPS) is 9.88. The number of alkyl carbamates (subject to hydrolysis) is 1. The largest absolute Gasteiger partial charge is 0.450 e. The number of carbonyl (C=O) groups excluding carboxylic acids is 1. The number of rotatable bonds is 5. The van der Waals surface area contributed by atoms with Gasteiger partial charge in [0.2, 0.25) is 0 Å². The van der Waals surface area contributed by atoms with E-state index in [0.29, 0.717) is 25.5 Å². The van der Waals surface area contributed by atoms with E-state index in [0.717, 1.165) is 5.56 Å². The molecule has 0 spiro atoms. The number of benzene rings is 1. The van der Waals surface area contributed by atoms with Gasteiger partial charge in [-0.25, -0.2) is 4.79 Å². The number of carbonyl (C=O) groups is 1. The van der Waals surface area contributed by atoms with Crippen LogP contribution in [0.1, 0.15) is 17.5 Å². The van der Waals surface area contributed by atoms with E-state index in [-0.39, 0.29) is 0 Å². The Morgan fingerprint density at radius 1 is 1.38 bits per heavy atom. The molecule has 0 aliphatic heterocycles. The molecule has 16 heavy (non-hydrogen) atoms. The Morgan fingerprint density at radius 3 is 2.69 bits per heavy atom. The summed E-state index contributed by atoms with van der Waals surface area (Å²) in [5.74, 6) is 0.505. The summed E-state index contributed by atoms with van der Waals surface area (Å²) in [6, 6.07) is 7.98. The van der Waals surface area contributed by atoms with Crippen LogP contribution >= 0.6 is 11.6 Å². The van der Waals surface area contributed by atoms with E-state index in [2.05, 4.69) is 5.32 Å². The maximum atomic E-state index is 11.2. The number of alkyl halides is 1. The van der Waals surface area contributed by atoms with Crippen LogP contribution in [0.25, 0.3) is 0 Å². The molecule has 0 fully saturated rings. The molecule has 88 valence electrons. The first-order chi connectivity index (χ1) is 7.72. The summed E-state index contributed by atoms with van der Waals surface area (Å²) in [4.78, 5) is 11.2. The molecule has 0 aromatic heterocycles. The highest BCUT2D eigenvalue weighted by atomic mass is 35.5. The minimum atomic E-state index is -0.398. The van der Waals surface area contributed by atoms with Gasteiger partial charge < -0.3 is 10.1 Å². The van der Waals surface area contributed by atoms with Crippen molar-refractivity contribution < 1.29 is 9.53 Å². The number of nitrogens with one attached hydrogen (secondary N) is 1. The summed E-state index contributed by atoms with van der Waals surface area (Å²) >= 11 is 5.46. The molecule has 0 bridgehead atoms. The molecule has 1 rings (SSSR count). The monoisotopic (exact) mass is 241 g/mol. The van der Waals surface area contributed by atoms with Crippen molar-refractivity contribution in [3.8, 4) is 0 Å². The minimum Gasteiger partial charge on any atom is -0.450 e. The molecular formula is C12H16ClNO2. The first-order valence-electron chi connectivity index (χ1n) is 5.24. The Balaban J connectivity index is 2.23. The van der Waals surface area contributed by atoms with Gasteiger partial charge in [-0.15, -0.1) is 11.6 Å². The van der Waals surface area contributed by atoms with Gasteiger partial charge in [-0.3, -0.25) is 0 Å². The van der Waals surface area contributed by atoms with Gasteiger partial charge in [0.1, 0.15) is 0 Å². The molecule has 0 atom stereocenters. The van der Waals surface area contributed by atoms with Crippen LogP contribution in [0.15, 0.2) is 24.3 Å². The van der Waals surface area contributed by atoms with Crippen molar-refractivity contribution in [1.82, 2.24) is 5.32 Å². The summed E-state index contributed by atoms with van der Waals surface area (Å²) < 4.78 is 4.89. The number of amides is 1. The van der Waals surface area contributed by atoms with Crippen LogP contribution in [0.3, 0.4) is 0 Å². The van der Waals surface area contributed by atoms with Crippen LogP contribution in [-0.2, 0) is 11.3 Å². The zero-order valence-corrected chi connectivity index (χ0v) is 10.1. The Labute approximate surface area is 101 Å². The second kappa shape index (κ2) is 7.12. The van der Waals surface area contributed by atoms with E-state index in [1.807, 2.05) is 31.2 Å². The van der Waals surface area contributed by atoms with E-state index >= 15 is 0 Å². The van der Waals surface area contributed by atoms with Crippen molar-refractivity contribution in [3.05, 3.63) is 35.4 Å². The van der Waals surface area contributed by atoms with Crippen LogP contribution < -0.4 is 5.32 Å². The Morgan fingerprint density at radius 2 is 2.06 bits per heavy atom. The molecule has 1 N–H and O–H groups in total. The molecule has 0 unspecified atom stereocenters. The van der Waals surface area contributed by atoms with E-state index in [1.165, 1.54) is 5.56 Å². The smallest absolute Gasteiger partial charge is 0.407 e. The lowest BCUT2D eigenvalue weighted by molar-refractivity contribution is 0.146. The number of halogens is 1. The summed E-state index contributed by atoms with van der Waals surface area (Å²) in [6.07, 6.45) is 0.283.